The number of aromatic nitrogens is 4. The van der Waals surface area contributed by atoms with Crippen LogP contribution in [0.1, 0.15) is 53.1 Å². The summed E-state index contributed by atoms with van der Waals surface area (Å²) >= 11 is 6.45. The van der Waals surface area contributed by atoms with Gasteiger partial charge in [-0.05, 0) is 55.8 Å². The van der Waals surface area contributed by atoms with E-state index >= 15 is 0 Å². The molecule has 4 rings (SSSR count). The van der Waals surface area contributed by atoms with Crippen LogP contribution in [0.4, 0.5) is 0 Å². The summed E-state index contributed by atoms with van der Waals surface area (Å²) in [7, 11) is 0. The van der Waals surface area contributed by atoms with Crippen LogP contribution in [0, 0.1) is 18.8 Å². The van der Waals surface area contributed by atoms with Gasteiger partial charge in [-0.25, -0.2) is 9.78 Å². The topological polar surface area (TPSA) is 114 Å². The number of hydrogen-bond acceptors (Lipinski definition) is 6. The van der Waals surface area contributed by atoms with E-state index in [0.29, 0.717) is 30.0 Å². The average molecular weight is 505 g/mol. The third-order valence-corrected chi connectivity index (χ3v) is 5.73. The van der Waals surface area contributed by atoms with E-state index < -0.39 is 11.4 Å². The predicted octanol–water partition coefficient (Wildman–Crippen LogP) is 4.17. The molecule has 0 fully saturated rings. The van der Waals surface area contributed by atoms with Gasteiger partial charge >= 0.3 is 5.76 Å². The molecular weight excluding hydrogens is 480 g/mol. The molecule has 0 bridgehead atoms. The largest absolute Gasteiger partial charge is 0.439 e. The quantitative estimate of drug-likeness (QED) is 0.288. The number of nitrogens with zero attached hydrogens (tertiary/aromatic N) is 3. The van der Waals surface area contributed by atoms with E-state index in [2.05, 4.69) is 31.5 Å². The first-order valence-electron chi connectivity index (χ1n) is 11.3. The van der Waals surface area contributed by atoms with E-state index in [0.717, 1.165) is 16.7 Å². The summed E-state index contributed by atoms with van der Waals surface area (Å²) in [6.45, 7) is 5.49. The number of aromatic amines is 1. The van der Waals surface area contributed by atoms with Crippen LogP contribution in [0.25, 0.3) is 11.4 Å². The van der Waals surface area contributed by atoms with E-state index in [-0.39, 0.29) is 23.2 Å². The number of hydrogen-bond donors (Lipinski definition) is 2. The Morgan fingerprint density at radius 3 is 2.42 bits per heavy atom. The minimum Gasteiger partial charge on any atom is -0.378 e. The number of carbonyl (C=O) groups is 1. The fourth-order valence-electron chi connectivity index (χ4n) is 3.59. The molecule has 2 aromatic carbocycles. The van der Waals surface area contributed by atoms with Crippen LogP contribution in [-0.2, 0) is 13.0 Å². The van der Waals surface area contributed by atoms with E-state index in [1.54, 1.807) is 30.5 Å². The molecule has 2 aromatic heterocycles. The third kappa shape index (κ3) is 6.19. The Kier molecular flexibility index (Phi) is 7.25. The van der Waals surface area contributed by atoms with E-state index in [1.165, 1.54) is 0 Å². The summed E-state index contributed by atoms with van der Waals surface area (Å²) in [5, 5.41) is 13.9. The second-order valence-corrected chi connectivity index (χ2v) is 9.36. The Hall–Kier alpha value is -3.93. The number of H-pyrrole nitrogens is 1. The first-order valence-corrected chi connectivity index (χ1v) is 11.7. The standard InChI is InChI=1S/C27H25ClN4O4/c1-17-4-6-19(7-5-17)16-32-23(21(29-25(32)28)14-15-27(2,3)35)22(33)13-10-18-8-11-20(12-9-18)24-30-26(34)36-31-24/h4-9,11-12,35H,10,13,16H2,1-3H3,(H,30,31,34). The molecule has 36 heavy (non-hydrogen) atoms. The van der Waals surface area contributed by atoms with Crippen molar-refractivity contribution in [1.29, 1.82) is 0 Å². The minimum absolute atomic E-state index is 0.157. The van der Waals surface area contributed by atoms with Crippen molar-refractivity contribution in [2.24, 2.45) is 0 Å². The fraction of sp³-hybridized carbons (Fsp3) is 0.259. The van der Waals surface area contributed by atoms with Gasteiger partial charge in [0.15, 0.2) is 11.6 Å². The van der Waals surface area contributed by atoms with Crippen molar-refractivity contribution >= 4 is 17.4 Å². The van der Waals surface area contributed by atoms with Crippen LogP contribution in [0.3, 0.4) is 0 Å². The third-order valence-electron chi connectivity index (χ3n) is 5.44. The average Bonchev–Trinajstić information content (AvgIpc) is 3.40. The molecule has 0 aliphatic rings. The van der Waals surface area contributed by atoms with Crippen molar-refractivity contribution in [1.82, 2.24) is 19.7 Å². The number of imidazole rings is 1. The van der Waals surface area contributed by atoms with Gasteiger partial charge in [-0.15, -0.1) is 0 Å². The number of rotatable bonds is 7. The molecule has 2 heterocycles. The molecule has 0 amide bonds. The normalized spacial score (nSPS) is 11.2. The van der Waals surface area contributed by atoms with Gasteiger partial charge in [-0.3, -0.25) is 14.3 Å². The van der Waals surface area contributed by atoms with Gasteiger partial charge in [-0.1, -0.05) is 65.2 Å². The first-order chi connectivity index (χ1) is 17.1. The molecule has 0 radical (unpaired) electrons. The number of nitrogens with one attached hydrogen (secondary N) is 1. The minimum atomic E-state index is -1.25. The summed E-state index contributed by atoms with van der Waals surface area (Å²) < 4.78 is 6.20. The number of ketones is 1. The lowest BCUT2D eigenvalue weighted by molar-refractivity contribution is 0.0973. The molecular formula is C27H25ClN4O4. The Morgan fingerprint density at radius 1 is 1.14 bits per heavy atom. The van der Waals surface area contributed by atoms with Crippen LogP contribution in [0.5, 0.6) is 0 Å². The smallest absolute Gasteiger partial charge is 0.378 e. The molecule has 0 saturated carbocycles. The molecule has 0 saturated heterocycles. The van der Waals surface area contributed by atoms with Gasteiger partial charge in [0.2, 0.25) is 5.28 Å². The van der Waals surface area contributed by atoms with Gasteiger partial charge in [0.1, 0.15) is 17.0 Å². The summed E-state index contributed by atoms with van der Waals surface area (Å²) in [5.41, 5.74) is 3.03. The molecule has 0 unspecified atom stereocenters. The lowest BCUT2D eigenvalue weighted by Crippen LogP contribution is -2.15. The zero-order valence-corrected chi connectivity index (χ0v) is 20.9. The van der Waals surface area contributed by atoms with Crippen molar-refractivity contribution in [3.8, 4) is 23.2 Å². The Labute approximate surface area is 212 Å². The number of benzene rings is 2. The Balaban J connectivity index is 1.58. The molecule has 0 atom stereocenters. The van der Waals surface area contributed by atoms with Crippen LogP contribution in [0.2, 0.25) is 5.28 Å². The van der Waals surface area contributed by atoms with E-state index in [4.69, 9.17) is 11.6 Å². The van der Waals surface area contributed by atoms with Crippen LogP contribution in [0.15, 0.2) is 57.8 Å². The van der Waals surface area contributed by atoms with Crippen molar-refractivity contribution in [2.75, 3.05) is 0 Å². The van der Waals surface area contributed by atoms with Crippen LogP contribution >= 0.6 is 11.6 Å². The number of halogens is 1. The van der Waals surface area contributed by atoms with Gasteiger partial charge < -0.3 is 9.67 Å². The van der Waals surface area contributed by atoms with E-state index in [9.17, 15) is 14.7 Å². The molecule has 0 spiro atoms. The molecule has 9 heteroatoms. The molecule has 184 valence electrons. The second-order valence-electron chi connectivity index (χ2n) is 9.02. The fourth-order valence-corrected chi connectivity index (χ4v) is 3.82. The molecule has 4 aromatic rings. The summed E-state index contributed by atoms with van der Waals surface area (Å²) in [5.74, 6) is 5.11. The number of carbonyl (C=O) groups excluding carboxylic acids is 1. The molecule has 0 aliphatic carbocycles. The lowest BCUT2D eigenvalue weighted by atomic mass is 10.0. The summed E-state index contributed by atoms with van der Waals surface area (Å²) in [4.78, 5) is 31.4. The number of Topliss-reactive ketones (excluding diaryl/α,β-unsaturated/α-hetero) is 1. The Bertz CT molecular complexity index is 1490. The van der Waals surface area contributed by atoms with Crippen molar-refractivity contribution in [3.05, 3.63) is 92.4 Å². The maximum atomic E-state index is 13.4. The van der Waals surface area contributed by atoms with Crippen molar-refractivity contribution in [2.45, 2.75) is 45.8 Å². The first kappa shape index (κ1) is 25.2. The maximum absolute atomic E-state index is 13.4. The SMILES string of the molecule is Cc1ccc(Cn2c(Cl)nc(C#CC(C)(C)O)c2C(=O)CCc2ccc(-c3noc(=O)[nH]3)cc2)cc1. The van der Waals surface area contributed by atoms with E-state index in [1.807, 2.05) is 43.3 Å². The van der Waals surface area contributed by atoms with Crippen molar-refractivity contribution in [3.63, 3.8) is 0 Å². The highest BCUT2D eigenvalue weighted by Gasteiger charge is 2.22. The molecule has 2 N–H and O–H groups in total. The summed E-state index contributed by atoms with van der Waals surface area (Å²) in [6, 6.07) is 15.3. The second kappa shape index (κ2) is 10.4. The monoisotopic (exact) mass is 504 g/mol. The highest BCUT2D eigenvalue weighted by atomic mass is 35.5. The zero-order chi connectivity index (χ0) is 25.9. The zero-order valence-electron chi connectivity index (χ0n) is 20.1. The number of aliphatic hydroxyl groups is 1. The highest BCUT2D eigenvalue weighted by molar-refractivity contribution is 6.29. The van der Waals surface area contributed by atoms with Crippen molar-refractivity contribution < 1.29 is 14.4 Å². The van der Waals surface area contributed by atoms with Gasteiger partial charge in [0.25, 0.3) is 0 Å². The Morgan fingerprint density at radius 2 is 1.81 bits per heavy atom. The molecule has 0 aliphatic heterocycles. The lowest BCUT2D eigenvalue weighted by Gasteiger charge is -2.10. The summed E-state index contributed by atoms with van der Waals surface area (Å²) in [6.07, 6.45) is 0.674. The van der Waals surface area contributed by atoms with Gasteiger partial charge in [0, 0.05) is 12.0 Å². The predicted molar refractivity (Wildman–Crippen MR) is 136 cm³/mol. The van der Waals surface area contributed by atoms with Gasteiger partial charge in [0.05, 0.1) is 6.54 Å². The number of aryl methyl sites for hydroxylation is 2. The van der Waals surface area contributed by atoms with Gasteiger partial charge in [-0.2, -0.15) is 0 Å². The van der Waals surface area contributed by atoms with Crippen LogP contribution < -0.4 is 5.76 Å². The highest BCUT2D eigenvalue weighted by Crippen LogP contribution is 2.22. The molecule has 8 nitrogen and oxygen atoms in total. The van der Waals surface area contributed by atoms with Crippen LogP contribution in [-0.4, -0.2) is 36.2 Å². The maximum Gasteiger partial charge on any atom is 0.439 e.